The van der Waals surface area contributed by atoms with Crippen LogP contribution in [0.3, 0.4) is 0 Å². The summed E-state index contributed by atoms with van der Waals surface area (Å²) in [7, 11) is 0. The molecule has 8 nitrogen and oxygen atoms in total. The van der Waals surface area contributed by atoms with Gasteiger partial charge in [0.05, 0.1) is 44.6 Å². The minimum Gasteiger partial charge on any atom is -0.322 e. The first kappa shape index (κ1) is 37.5. The molecule has 0 bridgehead atoms. The number of nitrogens with zero attached hydrogens (tertiary/aromatic N) is 8. The van der Waals surface area contributed by atoms with Gasteiger partial charge in [-0.3, -0.25) is 15.0 Å². The highest BCUT2D eigenvalue weighted by Gasteiger charge is 2.50. The van der Waals surface area contributed by atoms with Crippen LogP contribution < -0.4 is 14.7 Å². The van der Waals surface area contributed by atoms with E-state index >= 15 is 0 Å². The third-order valence-electron chi connectivity index (χ3n) is 13.4. The molecule has 4 aromatic rings. The molecule has 0 saturated heterocycles. The van der Waals surface area contributed by atoms with E-state index < -0.39 is 0 Å². The summed E-state index contributed by atoms with van der Waals surface area (Å²) in [5.41, 5.74) is 7.01. The zero-order valence-corrected chi connectivity index (χ0v) is 35.1. The molecule has 0 fully saturated rings. The van der Waals surface area contributed by atoms with Crippen LogP contribution >= 0.6 is 0 Å². The van der Waals surface area contributed by atoms with E-state index in [4.69, 9.17) is 24.9 Å². The van der Waals surface area contributed by atoms with Gasteiger partial charge in [-0.2, -0.15) is 0 Å². The maximum Gasteiger partial charge on any atom is 0.160 e. The van der Waals surface area contributed by atoms with E-state index in [-0.39, 0.29) is 33.2 Å². The predicted molar refractivity (Wildman–Crippen MR) is 230 cm³/mol. The number of aromatic nitrogens is 2. The summed E-state index contributed by atoms with van der Waals surface area (Å²) in [4.78, 5) is 32.5. The molecule has 0 unspecified atom stereocenters. The molecule has 0 atom stereocenters. The van der Waals surface area contributed by atoms with Gasteiger partial charge in [0.2, 0.25) is 0 Å². The summed E-state index contributed by atoms with van der Waals surface area (Å²) in [6.07, 6.45) is 0. The summed E-state index contributed by atoms with van der Waals surface area (Å²) in [6.45, 7) is 33.1. The number of rotatable bonds is 6. The summed E-state index contributed by atoms with van der Waals surface area (Å²) in [6, 6.07) is 28.2. The first-order valence-electron chi connectivity index (χ1n) is 19.3. The molecule has 3 aliphatic heterocycles. The second kappa shape index (κ2) is 12.1. The smallest absolute Gasteiger partial charge is 0.160 e. The Hall–Kier alpha value is -4.85. The molecule has 54 heavy (non-hydrogen) atoms. The van der Waals surface area contributed by atoms with Crippen LogP contribution in [-0.2, 0) is 0 Å². The fraction of sp³-hybridized carbons (Fsp3) is 0.457. The maximum atomic E-state index is 5.20. The minimum absolute atomic E-state index is 0.166. The number of hydrogen-bond donors (Lipinski definition) is 0. The van der Waals surface area contributed by atoms with Crippen LogP contribution in [0.5, 0.6) is 0 Å². The van der Waals surface area contributed by atoms with Gasteiger partial charge >= 0.3 is 0 Å². The number of hydrogen-bond acceptors (Lipinski definition) is 8. The molecular weight excluding hydrogens is 665 g/mol. The molecular formula is C46H58N8. The van der Waals surface area contributed by atoms with Crippen LogP contribution in [0.25, 0.3) is 33.9 Å². The fourth-order valence-electron chi connectivity index (χ4n) is 8.53. The van der Waals surface area contributed by atoms with Crippen molar-refractivity contribution in [2.75, 3.05) is 14.7 Å². The largest absolute Gasteiger partial charge is 0.322 e. The topological polar surface area (TPSA) is 72.6 Å². The number of benzene rings is 3. The molecule has 282 valence electrons. The Balaban J connectivity index is 1.28. The van der Waals surface area contributed by atoms with Crippen LogP contribution in [0.4, 0.5) is 17.1 Å². The molecule has 7 rings (SSSR count). The Morgan fingerprint density at radius 3 is 0.870 bits per heavy atom. The zero-order valence-electron chi connectivity index (χ0n) is 35.1. The normalized spacial score (nSPS) is 21.6. The molecule has 0 saturated carbocycles. The molecule has 3 aliphatic rings. The van der Waals surface area contributed by atoms with Gasteiger partial charge in [0.25, 0.3) is 0 Å². The number of aliphatic imine (C=N–C) groups is 3. The van der Waals surface area contributed by atoms with Crippen molar-refractivity contribution >= 4 is 34.6 Å². The third kappa shape index (κ3) is 5.66. The molecule has 0 N–H and O–H groups in total. The quantitative estimate of drug-likeness (QED) is 0.198. The number of amidine groups is 3. The van der Waals surface area contributed by atoms with E-state index in [1.807, 2.05) is 0 Å². The lowest BCUT2D eigenvalue weighted by molar-refractivity contribution is 0.338. The monoisotopic (exact) mass is 722 g/mol. The molecule has 1 aromatic heterocycles. The zero-order chi connectivity index (χ0) is 39.4. The first-order valence-corrected chi connectivity index (χ1v) is 19.3. The molecule has 3 aromatic carbocycles. The minimum atomic E-state index is -0.203. The SMILES string of the molecule is CC1=NC(C)(C)C(C)(C)N1c1ccc(-c2cc(-c3ccc(N4C(C)=NC(C)(C)C4(C)C)cc3)nc(-c3ccc(N4C(C)=NC(C)(C)C4(C)C)cc3)n2)cc1. The van der Waals surface area contributed by atoms with Gasteiger partial charge in [0, 0.05) is 33.8 Å². The van der Waals surface area contributed by atoms with Crippen LogP contribution in [0.15, 0.2) is 93.8 Å². The standard InChI is InChI=1S/C46H58N8/c1-29-49-41(4,5)44(10,11)52(29)35-22-16-32(17-23-35)38-28-39(33-18-24-36(25-19-33)53-30(2)50-42(6,7)45(53,12)13)48-40(47-38)34-20-26-37(27-21-34)54-31(3)51-43(8,9)46(54,14)15/h16-28H,1-15H3. The Bertz CT molecular complexity index is 1930. The van der Waals surface area contributed by atoms with Crippen LogP contribution in [0.1, 0.15) is 104 Å². The van der Waals surface area contributed by atoms with Crippen molar-refractivity contribution in [3.63, 3.8) is 0 Å². The van der Waals surface area contributed by atoms with Crippen LogP contribution in [-0.4, -0.2) is 60.7 Å². The lowest BCUT2D eigenvalue weighted by Gasteiger charge is -2.41. The summed E-state index contributed by atoms with van der Waals surface area (Å²) in [5.74, 6) is 3.76. The van der Waals surface area contributed by atoms with E-state index in [9.17, 15) is 0 Å². The Kier molecular flexibility index (Phi) is 8.38. The van der Waals surface area contributed by atoms with Gasteiger partial charge in [-0.05, 0) is 158 Å². The van der Waals surface area contributed by atoms with Crippen LogP contribution in [0.2, 0.25) is 0 Å². The van der Waals surface area contributed by atoms with Gasteiger partial charge in [-0.15, -0.1) is 0 Å². The predicted octanol–water partition coefficient (Wildman–Crippen LogP) is 10.9. The second-order valence-electron chi connectivity index (χ2n) is 18.4. The Morgan fingerprint density at radius 2 is 0.630 bits per heavy atom. The molecule has 0 radical (unpaired) electrons. The summed E-state index contributed by atoms with van der Waals surface area (Å²) >= 11 is 0. The van der Waals surface area contributed by atoms with Crippen LogP contribution in [0, 0.1) is 0 Å². The molecule has 0 amide bonds. The van der Waals surface area contributed by atoms with Crippen molar-refractivity contribution < 1.29 is 0 Å². The van der Waals surface area contributed by atoms with Gasteiger partial charge in [-0.25, -0.2) is 9.97 Å². The average Bonchev–Trinajstić information content (AvgIpc) is 3.44. The van der Waals surface area contributed by atoms with Crippen molar-refractivity contribution in [1.82, 2.24) is 9.97 Å². The van der Waals surface area contributed by atoms with Crippen molar-refractivity contribution in [1.29, 1.82) is 0 Å². The maximum absolute atomic E-state index is 5.20. The van der Waals surface area contributed by atoms with E-state index in [1.54, 1.807) is 0 Å². The van der Waals surface area contributed by atoms with Crippen molar-refractivity contribution in [3.05, 3.63) is 78.9 Å². The summed E-state index contributed by atoms with van der Waals surface area (Å²) < 4.78 is 0. The highest BCUT2D eigenvalue weighted by Crippen LogP contribution is 2.44. The van der Waals surface area contributed by atoms with Crippen molar-refractivity contribution in [2.45, 2.75) is 137 Å². The van der Waals surface area contributed by atoms with Gasteiger partial charge in [0.15, 0.2) is 5.82 Å². The lowest BCUT2D eigenvalue weighted by Crippen LogP contribution is -2.52. The highest BCUT2D eigenvalue weighted by molar-refractivity contribution is 6.02. The van der Waals surface area contributed by atoms with Crippen molar-refractivity contribution in [3.8, 4) is 33.9 Å². The van der Waals surface area contributed by atoms with E-state index in [0.717, 1.165) is 62.6 Å². The van der Waals surface area contributed by atoms with Gasteiger partial charge in [0.1, 0.15) is 17.5 Å². The molecule has 0 aliphatic carbocycles. The summed E-state index contributed by atoms with van der Waals surface area (Å²) in [5, 5.41) is 0. The number of anilines is 3. The first-order chi connectivity index (χ1) is 25.0. The fourth-order valence-corrected chi connectivity index (χ4v) is 8.53. The van der Waals surface area contributed by atoms with E-state index in [0.29, 0.717) is 5.82 Å². The molecule has 0 spiro atoms. The van der Waals surface area contributed by atoms with Gasteiger partial charge < -0.3 is 14.7 Å². The van der Waals surface area contributed by atoms with E-state index in [1.165, 1.54) is 0 Å². The highest BCUT2D eigenvalue weighted by atomic mass is 15.3. The van der Waals surface area contributed by atoms with Gasteiger partial charge in [-0.1, -0.05) is 24.3 Å². The Morgan fingerprint density at radius 1 is 0.370 bits per heavy atom. The third-order valence-corrected chi connectivity index (χ3v) is 13.4. The lowest BCUT2D eigenvalue weighted by atomic mass is 9.83. The molecule has 8 heteroatoms. The molecule has 4 heterocycles. The van der Waals surface area contributed by atoms with E-state index in [2.05, 4.69) is 197 Å². The average molecular weight is 723 g/mol. The van der Waals surface area contributed by atoms with Crippen molar-refractivity contribution in [2.24, 2.45) is 15.0 Å². The Labute approximate surface area is 323 Å². The second-order valence-corrected chi connectivity index (χ2v) is 18.4.